The second kappa shape index (κ2) is 5.27. The topological polar surface area (TPSA) is 33.3 Å². The molecule has 1 atom stereocenters. The summed E-state index contributed by atoms with van der Waals surface area (Å²) in [4.78, 5) is 0. The second-order valence-corrected chi connectivity index (χ2v) is 4.07. The van der Waals surface area contributed by atoms with Crippen LogP contribution in [0.3, 0.4) is 0 Å². The van der Waals surface area contributed by atoms with E-state index in [1.165, 1.54) is 6.07 Å². The minimum absolute atomic E-state index is 0.162. The Kier molecular flexibility index (Phi) is 3.74. The Labute approximate surface area is 95.0 Å². The highest BCUT2D eigenvalue weighted by Gasteiger charge is 2.12. The molecule has 1 unspecified atom stereocenters. The number of hydrogen-bond donors (Lipinski definition) is 2. The molecule has 0 spiro atoms. The van der Waals surface area contributed by atoms with Crippen LogP contribution in [0.5, 0.6) is 0 Å². The Hall–Kier alpha value is -1.13. The fourth-order valence-corrected chi connectivity index (χ4v) is 1.75. The maximum atomic E-state index is 13.0. The lowest BCUT2D eigenvalue weighted by Crippen LogP contribution is -2.45. The van der Waals surface area contributed by atoms with E-state index in [1.54, 1.807) is 13.0 Å². The van der Waals surface area contributed by atoms with Gasteiger partial charge in [-0.3, -0.25) is 0 Å². The van der Waals surface area contributed by atoms with Crippen molar-refractivity contribution in [2.24, 2.45) is 0 Å². The van der Waals surface area contributed by atoms with Crippen molar-refractivity contribution in [2.75, 3.05) is 31.6 Å². The van der Waals surface area contributed by atoms with Gasteiger partial charge in [-0.1, -0.05) is 0 Å². The summed E-state index contributed by atoms with van der Waals surface area (Å²) in [7, 11) is 0. The zero-order valence-corrected chi connectivity index (χ0v) is 9.42. The van der Waals surface area contributed by atoms with Crippen LogP contribution in [0.1, 0.15) is 5.56 Å². The lowest BCUT2D eigenvalue weighted by Gasteiger charge is -2.24. The summed E-state index contributed by atoms with van der Waals surface area (Å²) in [5, 5.41) is 6.63. The van der Waals surface area contributed by atoms with Crippen LogP contribution in [-0.4, -0.2) is 32.3 Å². The van der Waals surface area contributed by atoms with Crippen LogP contribution >= 0.6 is 0 Å². The maximum Gasteiger partial charge on any atom is 0.126 e. The molecule has 3 nitrogen and oxygen atoms in total. The normalized spacial score (nSPS) is 20.8. The van der Waals surface area contributed by atoms with Crippen molar-refractivity contribution < 1.29 is 9.13 Å². The van der Waals surface area contributed by atoms with E-state index in [4.69, 9.17) is 4.74 Å². The number of anilines is 1. The van der Waals surface area contributed by atoms with Crippen molar-refractivity contribution in [2.45, 2.75) is 13.0 Å². The van der Waals surface area contributed by atoms with E-state index in [0.717, 1.165) is 32.0 Å². The standard InChI is InChI=1S/C12H17FN2O/c1-9-6-10(2-3-12(9)13)15-7-11-8-16-5-4-14-11/h2-3,6,11,14-15H,4-5,7-8H2,1H3. The molecule has 1 aliphatic rings. The monoisotopic (exact) mass is 224 g/mol. The van der Waals surface area contributed by atoms with Gasteiger partial charge in [0.05, 0.1) is 13.2 Å². The molecule has 0 amide bonds. The van der Waals surface area contributed by atoms with E-state index in [2.05, 4.69) is 10.6 Å². The minimum atomic E-state index is -0.162. The van der Waals surface area contributed by atoms with Gasteiger partial charge in [0.25, 0.3) is 0 Å². The summed E-state index contributed by atoms with van der Waals surface area (Å²) in [6.45, 7) is 4.97. The molecule has 1 aromatic rings. The first-order valence-electron chi connectivity index (χ1n) is 5.57. The van der Waals surface area contributed by atoms with Gasteiger partial charge >= 0.3 is 0 Å². The molecular weight excluding hydrogens is 207 g/mol. The average molecular weight is 224 g/mol. The van der Waals surface area contributed by atoms with Gasteiger partial charge in [-0.15, -0.1) is 0 Å². The van der Waals surface area contributed by atoms with Gasteiger partial charge in [0.15, 0.2) is 0 Å². The van der Waals surface area contributed by atoms with Crippen LogP contribution in [-0.2, 0) is 4.74 Å². The van der Waals surface area contributed by atoms with Gasteiger partial charge < -0.3 is 15.4 Å². The summed E-state index contributed by atoms with van der Waals surface area (Å²) >= 11 is 0. The molecule has 4 heteroatoms. The van der Waals surface area contributed by atoms with Crippen molar-refractivity contribution in [1.82, 2.24) is 5.32 Å². The zero-order chi connectivity index (χ0) is 11.4. The summed E-state index contributed by atoms with van der Waals surface area (Å²) < 4.78 is 18.4. The Morgan fingerprint density at radius 2 is 2.44 bits per heavy atom. The Balaban J connectivity index is 1.86. The lowest BCUT2D eigenvalue weighted by atomic mass is 10.2. The van der Waals surface area contributed by atoms with Crippen LogP contribution < -0.4 is 10.6 Å². The largest absolute Gasteiger partial charge is 0.383 e. The van der Waals surface area contributed by atoms with Crippen LogP contribution in [0.25, 0.3) is 0 Å². The van der Waals surface area contributed by atoms with E-state index >= 15 is 0 Å². The SMILES string of the molecule is Cc1cc(NCC2COCCN2)ccc1F. The summed E-state index contributed by atoms with van der Waals surface area (Å²) in [6, 6.07) is 5.40. The molecule has 0 saturated carbocycles. The van der Waals surface area contributed by atoms with E-state index in [1.807, 2.05) is 6.07 Å². The predicted molar refractivity (Wildman–Crippen MR) is 62.2 cm³/mol. The van der Waals surface area contributed by atoms with Crippen molar-refractivity contribution >= 4 is 5.69 Å². The Morgan fingerprint density at radius 1 is 1.56 bits per heavy atom. The smallest absolute Gasteiger partial charge is 0.126 e. The Bertz CT molecular complexity index is 351. The van der Waals surface area contributed by atoms with Crippen molar-refractivity contribution in [3.8, 4) is 0 Å². The van der Waals surface area contributed by atoms with Gasteiger partial charge in [0.2, 0.25) is 0 Å². The molecule has 1 saturated heterocycles. The minimum Gasteiger partial charge on any atom is -0.383 e. The molecule has 1 heterocycles. The van der Waals surface area contributed by atoms with Gasteiger partial charge in [-0.2, -0.15) is 0 Å². The number of hydrogen-bond acceptors (Lipinski definition) is 3. The van der Waals surface area contributed by atoms with E-state index < -0.39 is 0 Å². The molecule has 0 radical (unpaired) electrons. The number of morpholine rings is 1. The highest BCUT2D eigenvalue weighted by Crippen LogP contribution is 2.13. The third kappa shape index (κ3) is 2.93. The molecule has 0 aromatic heterocycles. The van der Waals surface area contributed by atoms with Gasteiger partial charge in [0, 0.05) is 24.8 Å². The molecule has 88 valence electrons. The third-order valence-corrected chi connectivity index (χ3v) is 2.71. The first-order valence-corrected chi connectivity index (χ1v) is 5.57. The van der Waals surface area contributed by atoms with Crippen LogP contribution in [0, 0.1) is 12.7 Å². The van der Waals surface area contributed by atoms with Crippen molar-refractivity contribution in [3.63, 3.8) is 0 Å². The number of ether oxygens (including phenoxy) is 1. The molecule has 16 heavy (non-hydrogen) atoms. The number of nitrogens with one attached hydrogen (secondary N) is 2. The highest BCUT2D eigenvalue weighted by molar-refractivity contribution is 5.46. The van der Waals surface area contributed by atoms with Gasteiger partial charge in [0.1, 0.15) is 5.82 Å². The molecule has 2 rings (SSSR count). The fraction of sp³-hybridized carbons (Fsp3) is 0.500. The van der Waals surface area contributed by atoms with Gasteiger partial charge in [-0.25, -0.2) is 4.39 Å². The summed E-state index contributed by atoms with van der Waals surface area (Å²) in [6.07, 6.45) is 0. The second-order valence-electron chi connectivity index (χ2n) is 4.07. The molecule has 1 aliphatic heterocycles. The first kappa shape index (κ1) is 11.4. The number of rotatable bonds is 3. The van der Waals surface area contributed by atoms with E-state index in [-0.39, 0.29) is 5.82 Å². The van der Waals surface area contributed by atoms with Gasteiger partial charge in [-0.05, 0) is 30.7 Å². The lowest BCUT2D eigenvalue weighted by molar-refractivity contribution is 0.0806. The predicted octanol–water partition coefficient (Wildman–Crippen LogP) is 1.53. The third-order valence-electron chi connectivity index (χ3n) is 2.71. The zero-order valence-electron chi connectivity index (χ0n) is 9.42. The number of benzene rings is 1. The van der Waals surface area contributed by atoms with Crippen LogP contribution in [0.2, 0.25) is 0 Å². The average Bonchev–Trinajstić information content (AvgIpc) is 2.32. The van der Waals surface area contributed by atoms with E-state index in [9.17, 15) is 4.39 Å². The van der Waals surface area contributed by atoms with Crippen molar-refractivity contribution in [1.29, 1.82) is 0 Å². The maximum absolute atomic E-state index is 13.0. The first-order chi connectivity index (χ1) is 7.75. The molecule has 0 aliphatic carbocycles. The molecule has 1 fully saturated rings. The molecule has 2 N–H and O–H groups in total. The van der Waals surface area contributed by atoms with Crippen LogP contribution in [0.4, 0.5) is 10.1 Å². The molecule has 0 bridgehead atoms. The quantitative estimate of drug-likeness (QED) is 0.817. The number of aryl methyl sites for hydroxylation is 1. The Morgan fingerprint density at radius 3 is 3.12 bits per heavy atom. The summed E-state index contributed by atoms with van der Waals surface area (Å²) in [5.41, 5.74) is 1.61. The highest BCUT2D eigenvalue weighted by atomic mass is 19.1. The fourth-order valence-electron chi connectivity index (χ4n) is 1.75. The molecular formula is C12H17FN2O. The van der Waals surface area contributed by atoms with Crippen LogP contribution in [0.15, 0.2) is 18.2 Å². The van der Waals surface area contributed by atoms with E-state index in [0.29, 0.717) is 11.6 Å². The summed E-state index contributed by atoms with van der Waals surface area (Å²) in [5.74, 6) is -0.162. The molecule has 1 aromatic carbocycles. The van der Waals surface area contributed by atoms with Crippen molar-refractivity contribution in [3.05, 3.63) is 29.6 Å². The number of halogens is 1.